The fraction of sp³-hybridized carbons (Fsp3) is 0.321. The molecule has 0 saturated carbocycles. The number of nitrogens with one attached hydrogen (secondary N) is 1. The summed E-state index contributed by atoms with van der Waals surface area (Å²) in [5.41, 5.74) is 5.62. The van der Waals surface area contributed by atoms with Gasteiger partial charge in [0.05, 0.1) is 12.7 Å². The number of aryl methyl sites for hydroxylation is 1. The largest absolute Gasteiger partial charge is 0.493 e. The summed E-state index contributed by atoms with van der Waals surface area (Å²) in [4.78, 5) is 11.6. The summed E-state index contributed by atoms with van der Waals surface area (Å²) >= 11 is 5.94. The van der Waals surface area contributed by atoms with Crippen LogP contribution in [0.4, 0.5) is 0 Å². The molecule has 1 aliphatic carbocycles. The Hall–Kier alpha value is -2.57. The predicted molar refractivity (Wildman–Crippen MR) is 142 cm³/mol. The van der Waals surface area contributed by atoms with Gasteiger partial charge in [-0.3, -0.25) is 0 Å². The van der Waals surface area contributed by atoms with Crippen molar-refractivity contribution in [2.45, 2.75) is 44.8 Å². The van der Waals surface area contributed by atoms with Crippen molar-refractivity contribution in [3.05, 3.63) is 87.9 Å². The van der Waals surface area contributed by atoms with Crippen molar-refractivity contribution in [2.24, 2.45) is 0 Å². The zero-order valence-corrected chi connectivity index (χ0v) is 21.2. The van der Waals surface area contributed by atoms with Crippen molar-refractivity contribution in [1.29, 1.82) is 0 Å². The third kappa shape index (κ3) is 6.77. The molecule has 3 aromatic carbocycles. The molecule has 0 aliphatic heterocycles. The van der Waals surface area contributed by atoms with Crippen LogP contribution in [0.15, 0.2) is 60.7 Å². The van der Waals surface area contributed by atoms with Gasteiger partial charge in [-0.1, -0.05) is 54.9 Å². The summed E-state index contributed by atoms with van der Waals surface area (Å²) in [6.07, 6.45) is 3.10. The molecule has 35 heavy (non-hydrogen) atoms. The van der Waals surface area contributed by atoms with Gasteiger partial charge in [-0.2, -0.15) is 0 Å². The second-order valence-corrected chi connectivity index (χ2v) is 9.20. The van der Waals surface area contributed by atoms with Gasteiger partial charge in [0.15, 0.2) is 0 Å². The number of rotatable bonds is 9. The Balaban J connectivity index is 0.00000342. The molecule has 186 valence electrons. The van der Waals surface area contributed by atoms with Crippen molar-refractivity contribution >= 4 is 30.0 Å². The lowest BCUT2D eigenvalue weighted by Gasteiger charge is -2.27. The van der Waals surface area contributed by atoms with E-state index in [4.69, 9.17) is 16.3 Å². The highest BCUT2D eigenvalue weighted by Gasteiger charge is 2.21. The number of fused-ring (bicyclic) bond motifs is 1. The first-order valence-corrected chi connectivity index (χ1v) is 12.1. The molecule has 5 nitrogen and oxygen atoms in total. The SMILES string of the molecule is CCCOc1cc(-c2ccc3c(c2)C[C@@H](NC[C@@H](O)c2ccc(Cl)cc2)CC3)ccc1C(=O)O.Cl. The molecule has 0 aromatic heterocycles. The summed E-state index contributed by atoms with van der Waals surface area (Å²) in [6, 6.07) is 19.3. The topological polar surface area (TPSA) is 78.8 Å². The molecule has 3 N–H and O–H groups in total. The molecule has 0 fully saturated rings. The highest BCUT2D eigenvalue weighted by atomic mass is 35.5. The van der Waals surface area contributed by atoms with Crippen molar-refractivity contribution in [2.75, 3.05) is 13.2 Å². The van der Waals surface area contributed by atoms with Crippen LogP contribution in [0, 0.1) is 0 Å². The smallest absolute Gasteiger partial charge is 0.339 e. The highest BCUT2D eigenvalue weighted by Crippen LogP contribution is 2.31. The van der Waals surface area contributed by atoms with Crippen LogP contribution in [0.25, 0.3) is 11.1 Å². The van der Waals surface area contributed by atoms with E-state index in [9.17, 15) is 15.0 Å². The van der Waals surface area contributed by atoms with Gasteiger partial charge >= 0.3 is 5.97 Å². The molecule has 0 radical (unpaired) electrons. The molecule has 1 aliphatic rings. The van der Waals surface area contributed by atoms with E-state index in [1.807, 2.05) is 31.2 Å². The number of carboxylic acids is 1. The zero-order chi connectivity index (χ0) is 24.1. The van der Waals surface area contributed by atoms with Gasteiger partial charge in [0.1, 0.15) is 11.3 Å². The van der Waals surface area contributed by atoms with E-state index in [-0.39, 0.29) is 24.0 Å². The summed E-state index contributed by atoms with van der Waals surface area (Å²) in [6.45, 7) is 2.95. The van der Waals surface area contributed by atoms with Crippen molar-refractivity contribution < 1.29 is 19.7 Å². The number of carbonyl (C=O) groups is 1. The molecule has 4 rings (SSSR count). The van der Waals surface area contributed by atoms with Gasteiger partial charge in [0.2, 0.25) is 0 Å². The zero-order valence-electron chi connectivity index (χ0n) is 19.7. The first-order chi connectivity index (χ1) is 16.4. The lowest BCUT2D eigenvalue weighted by molar-refractivity contribution is 0.0692. The fourth-order valence-electron chi connectivity index (χ4n) is 4.40. The van der Waals surface area contributed by atoms with E-state index in [1.54, 1.807) is 18.2 Å². The molecule has 0 amide bonds. The van der Waals surface area contributed by atoms with Crippen LogP contribution in [0.1, 0.15) is 52.9 Å². The third-order valence-electron chi connectivity index (χ3n) is 6.30. The molecule has 3 aromatic rings. The molecule has 0 unspecified atom stereocenters. The molecule has 0 spiro atoms. The van der Waals surface area contributed by atoms with Crippen LogP contribution in [0.5, 0.6) is 5.75 Å². The van der Waals surface area contributed by atoms with E-state index >= 15 is 0 Å². The Bertz CT molecular complexity index is 1150. The molecule has 0 saturated heterocycles. The summed E-state index contributed by atoms with van der Waals surface area (Å²) < 4.78 is 5.71. The molecule has 7 heteroatoms. The molecule has 0 heterocycles. The van der Waals surface area contributed by atoms with Gasteiger partial charge in [-0.25, -0.2) is 4.79 Å². The average molecular weight is 516 g/mol. The minimum atomic E-state index is -0.988. The quantitative estimate of drug-likeness (QED) is 0.321. The maximum absolute atomic E-state index is 11.6. The number of hydrogen-bond acceptors (Lipinski definition) is 4. The number of aliphatic hydroxyl groups is 1. The predicted octanol–water partition coefficient (Wildman–Crippen LogP) is 6.10. The number of aliphatic hydroxyl groups excluding tert-OH is 1. The van der Waals surface area contributed by atoms with Gasteiger partial charge in [-0.05, 0) is 77.8 Å². The van der Waals surface area contributed by atoms with Gasteiger partial charge < -0.3 is 20.3 Å². The number of aromatic carboxylic acids is 1. The Morgan fingerprint density at radius 1 is 1.09 bits per heavy atom. The maximum Gasteiger partial charge on any atom is 0.339 e. The minimum Gasteiger partial charge on any atom is -0.493 e. The van der Waals surface area contributed by atoms with Crippen molar-refractivity contribution in [3.63, 3.8) is 0 Å². The number of carboxylic acid groups (broad SMARTS) is 1. The van der Waals surface area contributed by atoms with E-state index < -0.39 is 12.1 Å². The number of ether oxygens (including phenoxy) is 1. The van der Waals surface area contributed by atoms with Gasteiger partial charge in [-0.15, -0.1) is 12.4 Å². The van der Waals surface area contributed by atoms with Gasteiger partial charge in [0.25, 0.3) is 0 Å². The van der Waals surface area contributed by atoms with Crippen LogP contribution in [0.3, 0.4) is 0 Å². The molecule has 0 bridgehead atoms. The van der Waals surface area contributed by atoms with Crippen LogP contribution in [0.2, 0.25) is 5.02 Å². The summed E-state index contributed by atoms with van der Waals surface area (Å²) in [7, 11) is 0. The minimum absolute atomic E-state index is 0. The van der Waals surface area contributed by atoms with Crippen molar-refractivity contribution in [1.82, 2.24) is 5.32 Å². The standard InChI is InChI=1S/C28H30ClNO4.ClH/c1-2-13-34-27-16-21(8-12-25(27)28(32)33)20-4-3-18-7-11-24(15-22(18)14-20)30-17-26(31)19-5-9-23(29)10-6-19;/h3-6,8-10,12,14,16,24,26,30-31H,2,7,11,13,15,17H2,1H3,(H,32,33);1H/t24-,26+;/m0./s1. The first kappa shape index (κ1) is 27.0. The molecule has 2 atom stereocenters. The highest BCUT2D eigenvalue weighted by molar-refractivity contribution is 6.30. The molecular formula is C28H31Cl2NO4. The lowest BCUT2D eigenvalue weighted by atomic mass is 9.86. The van der Waals surface area contributed by atoms with E-state index in [2.05, 4.69) is 23.5 Å². The Kier molecular flexibility index (Phi) is 9.58. The van der Waals surface area contributed by atoms with Crippen LogP contribution >= 0.6 is 24.0 Å². The van der Waals surface area contributed by atoms with Gasteiger partial charge in [0, 0.05) is 17.6 Å². The first-order valence-electron chi connectivity index (χ1n) is 11.7. The number of halogens is 2. The van der Waals surface area contributed by atoms with Crippen molar-refractivity contribution in [3.8, 4) is 16.9 Å². The summed E-state index contributed by atoms with van der Waals surface area (Å²) in [5.74, 6) is -0.585. The average Bonchev–Trinajstić information content (AvgIpc) is 2.85. The third-order valence-corrected chi connectivity index (χ3v) is 6.55. The fourth-order valence-corrected chi connectivity index (χ4v) is 4.53. The van der Waals surface area contributed by atoms with Crippen LogP contribution in [-0.2, 0) is 12.8 Å². The number of hydrogen-bond donors (Lipinski definition) is 3. The summed E-state index contributed by atoms with van der Waals surface area (Å²) in [5, 5.41) is 24.2. The van der Waals surface area contributed by atoms with Crippen LogP contribution < -0.4 is 10.1 Å². The monoisotopic (exact) mass is 515 g/mol. The normalized spacial score (nSPS) is 15.6. The van der Waals surface area contributed by atoms with Crippen LogP contribution in [-0.4, -0.2) is 35.4 Å². The number of benzene rings is 3. The van der Waals surface area contributed by atoms with E-state index in [1.165, 1.54) is 11.1 Å². The maximum atomic E-state index is 11.6. The lowest BCUT2D eigenvalue weighted by Crippen LogP contribution is -2.37. The Morgan fingerprint density at radius 3 is 2.51 bits per heavy atom. The Morgan fingerprint density at radius 2 is 1.80 bits per heavy atom. The van der Waals surface area contributed by atoms with E-state index in [0.29, 0.717) is 23.9 Å². The van der Waals surface area contributed by atoms with E-state index in [0.717, 1.165) is 42.4 Å². The molecular weight excluding hydrogens is 485 g/mol. The second-order valence-electron chi connectivity index (χ2n) is 8.76. The Labute approximate surface area is 217 Å². The second kappa shape index (κ2) is 12.4.